The number of carbonyl (C=O) groups is 1. The fraction of sp³-hybridized carbons (Fsp3) is 0.375. The predicted octanol–water partition coefficient (Wildman–Crippen LogP) is 3.65. The molecule has 6 nitrogen and oxygen atoms in total. The molecule has 0 radical (unpaired) electrons. The first-order valence-electron chi connectivity index (χ1n) is 7.55. The molecule has 0 bridgehead atoms. The fourth-order valence-electron chi connectivity index (χ4n) is 2.25. The van der Waals surface area contributed by atoms with Crippen LogP contribution in [0.5, 0.6) is 5.75 Å². The van der Waals surface area contributed by atoms with Crippen LogP contribution in [0.1, 0.15) is 50.9 Å². The Morgan fingerprint density at radius 3 is 2.61 bits per heavy atom. The number of H-pyrrole nitrogens is 1. The lowest BCUT2D eigenvalue weighted by Gasteiger charge is -2.10. The highest BCUT2D eigenvalue weighted by atomic mass is 32.1. The number of ether oxygens (including phenoxy) is 1. The second kappa shape index (κ2) is 7.82. The van der Waals surface area contributed by atoms with E-state index in [1.807, 2.05) is 12.1 Å². The maximum absolute atomic E-state index is 10.9. The molecule has 0 fully saturated rings. The molecule has 1 N–H and O–H groups in total. The van der Waals surface area contributed by atoms with Gasteiger partial charge in [-0.05, 0) is 54.9 Å². The zero-order valence-corrected chi connectivity index (χ0v) is 14.3. The summed E-state index contributed by atoms with van der Waals surface area (Å²) in [5, 5.41) is 11.5. The Hall–Kier alpha value is -2.28. The highest BCUT2D eigenvalue weighted by Gasteiger charge is 2.14. The van der Waals surface area contributed by atoms with Gasteiger partial charge in [0.25, 0.3) is 0 Å². The van der Waals surface area contributed by atoms with Gasteiger partial charge in [-0.1, -0.05) is 13.8 Å². The molecular weight excluding hydrogens is 312 g/mol. The van der Waals surface area contributed by atoms with Crippen LogP contribution in [-0.2, 0) is 4.79 Å². The van der Waals surface area contributed by atoms with E-state index in [-0.39, 0.29) is 5.97 Å². The molecule has 0 saturated carbocycles. The Labute approximate surface area is 140 Å². The van der Waals surface area contributed by atoms with Gasteiger partial charge < -0.3 is 4.74 Å². The number of nitrogens with one attached hydrogen (secondary N) is 1. The van der Waals surface area contributed by atoms with E-state index in [0.29, 0.717) is 16.4 Å². The number of rotatable bonds is 6. The number of nitrogens with zero attached hydrogens (tertiary/aromatic N) is 3. The topological polar surface area (TPSA) is 72.3 Å². The molecule has 0 saturated heterocycles. The Kier molecular flexibility index (Phi) is 5.81. The van der Waals surface area contributed by atoms with Crippen molar-refractivity contribution in [1.29, 1.82) is 0 Å². The lowest BCUT2D eigenvalue weighted by molar-refractivity contribution is -0.131. The summed E-state index contributed by atoms with van der Waals surface area (Å²) in [6.07, 6.45) is 3.65. The SMILES string of the molecule is CCC(CC)c1n[nH]c(=S)n1/N=C\c1ccc(OC(C)=O)cc1. The highest BCUT2D eigenvalue weighted by Crippen LogP contribution is 2.21. The fourth-order valence-corrected chi connectivity index (χ4v) is 2.43. The second-order valence-electron chi connectivity index (χ2n) is 5.12. The molecule has 1 aromatic heterocycles. The average molecular weight is 332 g/mol. The third-order valence-corrected chi connectivity index (χ3v) is 3.75. The molecule has 2 aromatic rings. The van der Waals surface area contributed by atoms with Crippen molar-refractivity contribution in [3.05, 3.63) is 40.4 Å². The normalized spacial score (nSPS) is 11.3. The number of aromatic amines is 1. The lowest BCUT2D eigenvalue weighted by Crippen LogP contribution is -2.05. The minimum Gasteiger partial charge on any atom is -0.427 e. The molecule has 0 spiro atoms. The second-order valence-corrected chi connectivity index (χ2v) is 5.51. The maximum Gasteiger partial charge on any atom is 0.308 e. The third kappa shape index (κ3) is 4.35. The molecule has 1 heterocycles. The zero-order chi connectivity index (χ0) is 16.8. The number of carbonyl (C=O) groups excluding carboxylic acids is 1. The van der Waals surface area contributed by atoms with Crippen molar-refractivity contribution >= 4 is 24.4 Å². The van der Waals surface area contributed by atoms with Gasteiger partial charge in [-0.2, -0.15) is 14.9 Å². The van der Waals surface area contributed by atoms with Gasteiger partial charge in [-0.25, -0.2) is 0 Å². The zero-order valence-electron chi connectivity index (χ0n) is 13.4. The molecule has 7 heteroatoms. The van der Waals surface area contributed by atoms with Gasteiger partial charge in [-0.3, -0.25) is 9.89 Å². The molecule has 0 aliphatic carbocycles. The van der Waals surface area contributed by atoms with Gasteiger partial charge in [0.15, 0.2) is 5.82 Å². The van der Waals surface area contributed by atoms with Crippen molar-refractivity contribution in [1.82, 2.24) is 14.9 Å². The van der Waals surface area contributed by atoms with Gasteiger partial charge in [-0.15, -0.1) is 0 Å². The number of hydrogen-bond donors (Lipinski definition) is 1. The van der Waals surface area contributed by atoms with Crippen LogP contribution in [0.2, 0.25) is 0 Å². The van der Waals surface area contributed by atoms with Crippen molar-refractivity contribution in [3.63, 3.8) is 0 Å². The van der Waals surface area contributed by atoms with Crippen LogP contribution in [-0.4, -0.2) is 27.1 Å². The van der Waals surface area contributed by atoms with E-state index in [1.54, 1.807) is 23.0 Å². The van der Waals surface area contributed by atoms with Gasteiger partial charge in [0.1, 0.15) is 5.75 Å². The first-order valence-corrected chi connectivity index (χ1v) is 7.96. The van der Waals surface area contributed by atoms with Crippen LogP contribution < -0.4 is 4.74 Å². The minimum atomic E-state index is -0.342. The summed E-state index contributed by atoms with van der Waals surface area (Å²) < 4.78 is 7.13. The van der Waals surface area contributed by atoms with Gasteiger partial charge >= 0.3 is 5.97 Å². The summed E-state index contributed by atoms with van der Waals surface area (Å²) >= 11 is 5.25. The van der Waals surface area contributed by atoms with E-state index in [1.165, 1.54) is 6.92 Å². The van der Waals surface area contributed by atoms with Crippen molar-refractivity contribution in [2.45, 2.75) is 39.5 Å². The molecule has 122 valence electrons. The Morgan fingerprint density at radius 1 is 1.39 bits per heavy atom. The molecule has 0 unspecified atom stereocenters. The quantitative estimate of drug-likeness (QED) is 0.379. The van der Waals surface area contributed by atoms with E-state index in [0.717, 1.165) is 24.2 Å². The Bertz CT molecular complexity index is 742. The number of aromatic nitrogens is 3. The van der Waals surface area contributed by atoms with Crippen LogP contribution >= 0.6 is 12.2 Å². The summed E-state index contributed by atoms with van der Waals surface area (Å²) in [5.41, 5.74) is 0.875. The van der Waals surface area contributed by atoms with Crippen LogP contribution in [0.3, 0.4) is 0 Å². The van der Waals surface area contributed by atoms with Crippen molar-refractivity contribution in [2.75, 3.05) is 0 Å². The molecule has 2 rings (SSSR count). The summed E-state index contributed by atoms with van der Waals surface area (Å²) in [4.78, 5) is 10.9. The molecule has 0 aliphatic rings. The largest absolute Gasteiger partial charge is 0.427 e. The Balaban J connectivity index is 2.22. The van der Waals surface area contributed by atoms with Crippen LogP contribution in [0.15, 0.2) is 29.4 Å². The maximum atomic E-state index is 10.9. The first kappa shape index (κ1) is 17.1. The average Bonchev–Trinajstić information content (AvgIpc) is 2.89. The highest BCUT2D eigenvalue weighted by molar-refractivity contribution is 7.71. The van der Waals surface area contributed by atoms with Gasteiger partial charge in [0.05, 0.1) is 6.21 Å². The van der Waals surface area contributed by atoms with E-state index >= 15 is 0 Å². The first-order chi connectivity index (χ1) is 11.0. The summed E-state index contributed by atoms with van der Waals surface area (Å²) in [5.74, 6) is 1.32. The summed E-state index contributed by atoms with van der Waals surface area (Å²) in [6, 6.07) is 7.09. The van der Waals surface area contributed by atoms with Gasteiger partial charge in [0, 0.05) is 12.8 Å². The van der Waals surface area contributed by atoms with E-state index in [4.69, 9.17) is 17.0 Å². The van der Waals surface area contributed by atoms with Crippen molar-refractivity contribution < 1.29 is 9.53 Å². The monoisotopic (exact) mass is 332 g/mol. The molecule has 23 heavy (non-hydrogen) atoms. The molecular formula is C16H20N4O2S. The van der Waals surface area contributed by atoms with Crippen LogP contribution in [0.25, 0.3) is 0 Å². The third-order valence-electron chi connectivity index (χ3n) is 3.49. The lowest BCUT2D eigenvalue weighted by atomic mass is 10.0. The van der Waals surface area contributed by atoms with E-state index in [2.05, 4.69) is 29.1 Å². The van der Waals surface area contributed by atoms with Crippen LogP contribution in [0, 0.1) is 4.77 Å². The molecule has 0 atom stereocenters. The van der Waals surface area contributed by atoms with Crippen LogP contribution in [0.4, 0.5) is 0 Å². The summed E-state index contributed by atoms with van der Waals surface area (Å²) in [6.45, 7) is 5.61. The van der Waals surface area contributed by atoms with Crippen molar-refractivity contribution in [3.8, 4) is 5.75 Å². The molecule has 0 amide bonds. The predicted molar refractivity (Wildman–Crippen MR) is 91.5 cm³/mol. The number of esters is 1. The minimum absolute atomic E-state index is 0.312. The smallest absolute Gasteiger partial charge is 0.308 e. The van der Waals surface area contributed by atoms with E-state index in [9.17, 15) is 4.79 Å². The molecule has 1 aromatic carbocycles. The number of benzene rings is 1. The van der Waals surface area contributed by atoms with Crippen molar-refractivity contribution in [2.24, 2.45) is 5.10 Å². The Morgan fingerprint density at radius 2 is 2.04 bits per heavy atom. The van der Waals surface area contributed by atoms with E-state index < -0.39 is 0 Å². The number of hydrogen-bond acceptors (Lipinski definition) is 5. The summed E-state index contributed by atoms with van der Waals surface area (Å²) in [7, 11) is 0. The van der Waals surface area contributed by atoms with Gasteiger partial charge in [0.2, 0.25) is 4.77 Å². The molecule has 0 aliphatic heterocycles. The standard InChI is InChI=1S/C16H20N4O2S/c1-4-13(5-2)15-18-19-16(23)20(15)17-10-12-6-8-14(9-7-12)22-11(3)21/h6-10,13H,4-5H2,1-3H3,(H,19,23)/b17-10-.